The maximum absolute atomic E-state index is 13.6. The van der Waals surface area contributed by atoms with E-state index in [2.05, 4.69) is 15.6 Å². The Balaban J connectivity index is 1.76. The summed E-state index contributed by atoms with van der Waals surface area (Å²) in [7, 11) is 0. The number of carbonyl (C=O) groups excluding carboxylic acids is 3. The summed E-state index contributed by atoms with van der Waals surface area (Å²) in [6, 6.07) is 16.5. The molecule has 0 saturated carbocycles. The summed E-state index contributed by atoms with van der Waals surface area (Å²) in [5.41, 5.74) is 10.8. The maximum Gasteiger partial charge on any atom is 0.326 e. The van der Waals surface area contributed by atoms with Gasteiger partial charge in [-0.05, 0) is 43.7 Å². The minimum atomic E-state index is -1.48. The number of benzene rings is 2. The van der Waals surface area contributed by atoms with Crippen molar-refractivity contribution in [3.63, 3.8) is 0 Å². The lowest BCUT2D eigenvalue weighted by molar-refractivity contribution is -0.144. The monoisotopic (exact) mass is 550 g/mol. The van der Waals surface area contributed by atoms with Gasteiger partial charge < -0.3 is 32.1 Å². The van der Waals surface area contributed by atoms with Crippen molar-refractivity contribution in [3.05, 3.63) is 71.8 Å². The van der Waals surface area contributed by atoms with Crippen molar-refractivity contribution in [2.45, 2.75) is 63.1 Å². The summed E-state index contributed by atoms with van der Waals surface area (Å²) in [4.78, 5) is 57.6. The molecule has 1 heterocycles. The Morgan fingerprint density at radius 2 is 1.68 bits per heavy atom. The number of carboxylic acids is 1. The van der Waals surface area contributed by atoms with Gasteiger partial charge in [0.1, 0.15) is 17.6 Å². The third-order valence-corrected chi connectivity index (χ3v) is 6.92. The van der Waals surface area contributed by atoms with E-state index in [0.717, 1.165) is 11.1 Å². The number of carboxylic acid groups (broad SMARTS) is 1. The second kappa shape index (κ2) is 14.1. The Morgan fingerprint density at radius 1 is 1.05 bits per heavy atom. The van der Waals surface area contributed by atoms with Gasteiger partial charge in [0.05, 0.1) is 6.42 Å². The quantitative estimate of drug-likeness (QED) is 0.140. The van der Waals surface area contributed by atoms with Gasteiger partial charge in [0.15, 0.2) is 5.96 Å². The van der Waals surface area contributed by atoms with Crippen molar-refractivity contribution in [1.82, 2.24) is 15.5 Å². The lowest BCUT2D eigenvalue weighted by Crippen LogP contribution is -2.63. The number of nitrogens with two attached hydrogens (primary N) is 2. The predicted octanol–water partition coefficient (Wildman–Crippen LogP) is 0.961. The Bertz CT molecular complexity index is 1200. The molecule has 3 atom stereocenters. The molecule has 11 nitrogen and oxygen atoms in total. The van der Waals surface area contributed by atoms with E-state index in [1.54, 1.807) is 11.8 Å². The third-order valence-electron chi connectivity index (χ3n) is 6.92. The molecule has 11 heteroatoms. The van der Waals surface area contributed by atoms with Crippen LogP contribution in [0.5, 0.6) is 0 Å². The fourth-order valence-electron chi connectivity index (χ4n) is 4.83. The largest absolute Gasteiger partial charge is 0.480 e. The summed E-state index contributed by atoms with van der Waals surface area (Å²) in [5.74, 6) is -2.56. The summed E-state index contributed by atoms with van der Waals surface area (Å²) < 4.78 is 0. The first kappa shape index (κ1) is 30.1. The zero-order chi connectivity index (χ0) is 29.1. The van der Waals surface area contributed by atoms with Crippen LogP contribution in [0.15, 0.2) is 65.7 Å². The average Bonchev–Trinajstić information content (AvgIpc) is 3.42. The molecule has 1 aliphatic rings. The smallest absolute Gasteiger partial charge is 0.326 e. The van der Waals surface area contributed by atoms with E-state index in [4.69, 9.17) is 11.5 Å². The molecule has 0 spiro atoms. The molecule has 2 aromatic carbocycles. The molecule has 0 aliphatic carbocycles. The van der Waals surface area contributed by atoms with Crippen molar-refractivity contribution in [3.8, 4) is 0 Å². The van der Waals surface area contributed by atoms with E-state index in [-0.39, 0.29) is 37.7 Å². The highest BCUT2D eigenvalue weighted by Gasteiger charge is 2.41. The molecular weight excluding hydrogens is 512 g/mol. The summed E-state index contributed by atoms with van der Waals surface area (Å²) >= 11 is 0. The summed E-state index contributed by atoms with van der Waals surface area (Å²) in [6.07, 6.45) is 1.85. The van der Waals surface area contributed by atoms with E-state index in [0.29, 0.717) is 25.8 Å². The molecule has 1 saturated heterocycles. The van der Waals surface area contributed by atoms with Gasteiger partial charge in [0.25, 0.3) is 0 Å². The first-order valence-corrected chi connectivity index (χ1v) is 13.4. The van der Waals surface area contributed by atoms with Gasteiger partial charge in [-0.2, -0.15) is 0 Å². The first-order chi connectivity index (χ1) is 19.1. The predicted molar refractivity (Wildman–Crippen MR) is 151 cm³/mol. The summed E-state index contributed by atoms with van der Waals surface area (Å²) in [5, 5.41) is 15.2. The molecule has 2 aromatic rings. The minimum Gasteiger partial charge on any atom is -0.480 e. The zero-order valence-electron chi connectivity index (χ0n) is 22.7. The molecule has 0 bridgehead atoms. The Kier molecular flexibility index (Phi) is 10.6. The molecule has 1 fully saturated rings. The van der Waals surface area contributed by atoms with Crippen LogP contribution in [0.3, 0.4) is 0 Å². The Labute approximate surface area is 234 Å². The van der Waals surface area contributed by atoms with Crippen molar-refractivity contribution in [1.29, 1.82) is 0 Å². The van der Waals surface area contributed by atoms with Crippen LogP contribution in [0.1, 0.15) is 43.7 Å². The molecule has 3 amide bonds. The first-order valence-electron chi connectivity index (χ1n) is 13.4. The second-order valence-electron chi connectivity index (χ2n) is 10.2. The van der Waals surface area contributed by atoms with Gasteiger partial charge in [-0.15, -0.1) is 0 Å². The van der Waals surface area contributed by atoms with Crippen LogP contribution in [-0.4, -0.2) is 70.4 Å². The molecular formula is C29H38N6O5. The van der Waals surface area contributed by atoms with E-state index in [1.165, 1.54) is 0 Å². The number of amides is 3. The molecule has 0 aromatic heterocycles. The summed E-state index contributed by atoms with van der Waals surface area (Å²) in [6.45, 7) is 2.23. The van der Waals surface area contributed by atoms with Crippen molar-refractivity contribution < 1.29 is 24.3 Å². The molecule has 7 N–H and O–H groups in total. The average molecular weight is 551 g/mol. The Morgan fingerprint density at radius 3 is 2.27 bits per heavy atom. The molecule has 1 unspecified atom stereocenters. The topological polar surface area (TPSA) is 180 Å². The van der Waals surface area contributed by atoms with E-state index in [9.17, 15) is 24.3 Å². The van der Waals surface area contributed by atoms with Gasteiger partial charge in [-0.1, -0.05) is 60.7 Å². The van der Waals surface area contributed by atoms with Crippen LogP contribution in [0.2, 0.25) is 0 Å². The number of carbonyl (C=O) groups is 4. The van der Waals surface area contributed by atoms with Gasteiger partial charge in [0, 0.05) is 19.5 Å². The highest BCUT2D eigenvalue weighted by molar-refractivity contribution is 5.96. The number of nitrogens with one attached hydrogen (secondary N) is 2. The van der Waals surface area contributed by atoms with Crippen LogP contribution < -0.4 is 22.1 Å². The third kappa shape index (κ3) is 8.55. The number of likely N-dealkylation sites (tertiary alicyclic amines) is 1. The minimum absolute atomic E-state index is 0.0948. The van der Waals surface area contributed by atoms with Gasteiger partial charge in [-0.3, -0.25) is 19.4 Å². The number of guanidine groups is 1. The van der Waals surface area contributed by atoms with Gasteiger partial charge in [-0.25, -0.2) is 4.79 Å². The molecule has 1 aliphatic heterocycles. The molecule has 0 radical (unpaired) electrons. The van der Waals surface area contributed by atoms with Crippen LogP contribution in [-0.2, 0) is 32.0 Å². The van der Waals surface area contributed by atoms with Crippen LogP contribution in [0, 0.1) is 0 Å². The molecule has 40 heavy (non-hydrogen) atoms. The number of rotatable bonds is 13. The normalized spacial score (nSPS) is 16.8. The lowest BCUT2D eigenvalue weighted by Gasteiger charge is -2.34. The maximum atomic E-state index is 13.6. The molecule has 3 rings (SSSR count). The number of hydrogen-bond acceptors (Lipinski definition) is 5. The molecule has 214 valence electrons. The highest BCUT2D eigenvalue weighted by atomic mass is 16.4. The van der Waals surface area contributed by atoms with E-state index < -0.39 is 35.4 Å². The standard InChI is InChI=1S/C29H38N6O5/c1-29(19-21-12-6-3-7-13-21,27(40)33-22(26(38)39)14-8-16-32-28(30)31)34-25(37)23-15-9-17-35(23)24(36)18-20-10-4-2-5-11-20/h2-7,10-13,22-23H,8-9,14-19H2,1H3,(H,33,40)(H,34,37)(H,38,39)(H4,30,31,32)/t22-,23-,29?/m0/s1. The number of hydrogen-bond donors (Lipinski definition) is 5. The van der Waals surface area contributed by atoms with Crippen molar-refractivity contribution >= 4 is 29.7 Å². The number of aliphatic carboxylic acids is 1. The van der Waals surface area contributed by atoms with Crippen LogP contribution in [0.25, 0.3) is 0 Å². The van der Waals surface area contributed by atoms with E-state index in [1.807, 2.05) is 60.7 Å². The fraction of sp³-hybridized carbons (Fsp3) is 0.414. The number of aliphatic imine (C=N–C) groups is 1. The number of nitrogens with zero attached hydrogens (tertiary/aromatic N) is 2. The highest BCUT2D eigenvalue weighted by Crippen LogP contribution is 2.22. The fourth-order valence-corrected chi connectivity index (χ4v) is 4.83. The SMILES string of the molecule is CC(Cc1ccccc1)(NC(=O)[C@@H]1CCCN1C(=O)Cc1ccccc1)C(=O)N[C@@H](CCCN=C(N)N)C(=O)O. The van der Waals surface area contributed by atoms with Crippen LogP contribution in [0.4, 0.5) is 0 Å². The van der Waals surface area contributed by atoms with E-state index >= 15 is 0 Å². The second-order valence-corrected chi connectivity index (χ2v) is 10.2. The Hall–Kier alpha value is -4.41. The zero-order valence-corrected chi connectivity index (χ0v) is 22.7. The van der Waals surface area contributed by atoms with Crippen molar-refractivity contribution in [2.75, 3.05) is 13.1 Å². The van der Waals surface area contributed by atoms with Gasteiger partial charge in [0.2, 0.25) is 17.7 Å². The van der Waals surface area contributed by atoms with Crippen molar-refractivity contribution in [2.24, 2.45) is 16.5 Å². The van der Waals surface area contributed by atoms with Gasteiger partial charge >= 0.3 is 5.97 Å². The lowest BCUT2D eigenvalue weighted by atomic mass is 9.90. The van der Waals surface area contributed by atoms with Crippen LogP contribution >= 0.6 is 0 Å².